The number of nitrogens with zero attached hydrogens (tertiary/aromatic N) is 1. The number of imide groups is 1. The Hall–Kier alpha value is -5.78. The van der Waals surface area contributed by atoms with E-state index in [-0.39, 0.29) is 35.5 Å². The van der Waals surface area contributed by atoms with E-state index in [0.717, 1.165) is 53.8 Å². The third-order valence-electron chi connectivity index (χ3n) is 10.7. The van der Waals surface area contributed by atoms with Crippen LogP contribution in [0.15, 0.2) is 122 Å². The molecule has 0 saturated carbocycles. The van der Waals surface area contributed by atoms with E-state index in [1.54, 1.807) is 43.0 Å². The van der Waals surface area contributed by atoms with Crippen molar-refractivity contribution in [1.82, 2.24) is 10.3 Å². The van der Waals surface area contributed by atoms with Gasteiger partial charge in [0.2, 0.25) is 0 Å². The van der Waals surface area contributed by atoms with Crippen LogP contribution < -0.4 is 16.2 Å². The number of hydrogen-bond donors (Lipinski definition) is 3. The van der Waals surface area contributed by atoms with Gasteiger partial charge in [-0.1, -0.05) is 111 Å². The number of hydrogen-bond acceptors (Lipinski definition) is 8. The molecule has 1 aliphatic rings. The van der Waals surface area contributed by atoms with Crippen LogP contribution in [0.2, 0.25) is 0 Å². The van der Waals surface area contributed by atoms with E-state index in [1.807, 2.05) is 60.7 Å². The summed E-state index contributed by atoms with van der Waals surface area (Å²) in [4.78, 5) is 53.4. The topological polar surface area (TPSA) is 117 Å². The zero-order chi connectivity index (χ0) is 42.4. The molecule has 0 radical (unpaired) electrons. The Kier molecular flexibility index (Phi) is 15.7. The number of allylic oxidation sites excluding steroid dienone is 1. The summed E-state index contributed by atoms with van der Waals surface area (Å²) in [5.74, 6) is -0.729. The van der Waals surface area contributed by atoms with E-state index in [0.29, 0.717) is 52.7 Å². The standard InChI is InChI=1S/C49H52N4O5S2/c1-4-7-15-33-24-26-34(27-25-33)36(18-13-23-44(54)58-30-8-5-2)32-43(60-48(59)35-16-10-9-11-17-35)37-19-12-20-38(31-37)50-49(57)52-51-42-29-28-41-45-39(42)21-14-22-40(45)46(55)53(6-3)47(41)56/h4,9-12,14,16-17,19-22,24-29,31,36,43,51H,1,5-8,13,15,18,23,30,32H2,2-3H3,(H2,50,52,57). The molecule has 0 bridgehead atoms. The third kappa shape index (κ3) is 11.1. The normalized spacial score (nSPS) is 13.1. The predicted molar refractivity (Wildman–Crippen MR) is 248 cm³/mol. The first-order valence-electron chi connectivity index (χ1n) is 20.7. The fourth-order valence-corrected chi connectivity index (χ4v) is 9.10. The highest BCUT2D eigenvalue weighted by atomic mass is 32.2. The molecule has 11 heteroatoms. The van der Waals surface area contributed by atoms with Gasteiger partial charge in [-0.25, -0.2) is 4.79 Å². The fraction of sp³-hybridized carbons (Fsp3) is 0.286. The molecule has 60 heavy (non-hydrogen) atoms. The minimum Gasteiger partial charge on any atom is -0.466 e. The Labute approximate surface area is 362 Å². The van der Waals surface area contributed by atoms with Crippen LogP contribution in [-0.4, -0.2) is 46.1 Å². The Morgan fingerprint density at radius 1 is 0.867 bits per heavy atom. The maximum absolute atomic E-state index is 13.4. The summed E-state index contributed by atoms with van der Waals surface area (Å²) < 4.78 is 6.24. The smallest absolute Gasteiger partial charge is 0.337 e. The number of thiocarbonyl (C=S) groups is 1. The molecule has 9 nitrogen and oxygen atoms in total. The van der Waals surface area contributed by atoms with Gasteiger partial charge in [0.15, 0.2) is 0 Å². The maximum atomic E-state index is 13.4. The quantitative estimate of drug-likeness (QED) is 0.0177. The Morgan fingerprint density at radius 3 is 2.35 bits per heavy atom. The summed E-state index contributed by atoms with van der Waals surface area (Å²) in [6, 6.07) is 34.7. The van der Waals surface area contributed by atoms with E-state index < -0.39 is 6.03 Å². The van der Waals surface area contributed by atoms with Gasteiger partial charge in [-0.05, 0) is 104 Å². The average molecular weight is 841 g/mol. The highest BCUT2D eigenvalue weighted by molar-refractivity contribution is 8.23. The van der Waals surface area contributed by atoms with Crippen molar-refractivity contribution in [1.29, 1.82) is 0 Å². The lowest BCUT2D eigenvalue weighted by molar-refractivity contribution is -0.143. The molecule has 310 valence electrons. The molecular weight excluding hydrogens is 789 g/mol. The molecule has 5 aromatic carbocycles. The summed E-state index contributed by atoms with van der Waals surface area (Å²) >= 11 is 7.66. The highest BCUT2D eigenvalue weighted by Gasteiger charge is 2.32. The lowest BCUT2D eigenvalue weighted by Crippen LogP contribution is -2.40. The number of anilines is 2. The molecule has 0 saturated heterocycles. The Morgan fingerprint density at radius 2 is 1.62 bits per heavy atom. The zero-order valence-electron chi connectivity index (χ0n) is 34.2. The molecule has 1 heterocycles. The third-order valence-corrected chi connectivity index (χ3v) is 12.4. The highest BCUT2D eigenvalue weighted by Crippen LogP contribution is 2.43. The fourth-order valence-electron chi connectivity index (χ4n) is 7.47. The number of benzene rings is 5. The number of carbonyl (C=O) groups is 4. The number of hydrazine groups is 1. The number of nitrogens with one attached hydrogen (secondary N) is 3. The second kappa shape index (κ2) is 21.5. The molecule has 5 aromatic rings. The van der Waals surface area contributed by atoms with Crippen molar-refractivity contribution in [3.63, 3.8) is 0 Å². The summed E-state index contributed by atoms with van der Waals surface area (Å²) in [6.45, 7) is 8.44. The van der Waals surface area contributed by atoms with Crippen LogP contribution >= 0.6 is 24.0 Å². The van der Waals surface area contributed by atoms with Crippen molar-refractivity contribution in [2.24, 2.45) is 0 Å². The van der Waals surface area contributed by atoms with Crippen LogP contribution in [-0.2, 0) is 16.0 Å². The van der Waals surface area contributed by atoms with Crippen molar-refractivity contribution in [3.05, 3.63) is 155 Å². The second-order valence-corrected chi connectivity index (χ2v) is 16.7. The first-order valence-corrected chi connectivity index (χ1v) is 22.0. The van der Waals surface area contributed by atoms with E-state index in [1.165, 1.54) is 16.0 Å². The van der Waals surface area contributed by atoms with Crippen LogP contribution in [0.25, 0.3) is 10.8 Å². The van der Waals surface area contributed by atoms with Crippen molar-refractivity contribution in [3.8, 4) is 0 Å². The molecule has 6 rings (SSSR count). The second-order valence-electron chi connectivity index (χ2n) is 14.8. The maximum Gasteiger partial charge on any atom is 0.337 e. The number of urea groups is 1. The van der Waals surface area contributed by atoms with Crippen LogP contribution in [0.1, 0.15) is 113 Å². The van der Waals surface area contributed by atoms with Crippen molar-refractivity contribution >= 4 is 74.1 Å². The van der Waals surface area contributed by atoms with Gasteiger partial charge < -0.3 is 10.1 Å². The summed E-state index contributed by atoms with van der Waals surface area (Å²) in [6.07, 6.45) is 8.15. The van der Waals surface area contributed by atoms with Crippen LogP contribution in [0, 0.1) is 0 Å². The molecular formula is C49H52N4O5S2. The van der Waals surface area contributed by atoms with E-state index in [9.17, 15) is 19.2 Å². The number of amides is 4. The summed E-state index contributed by atoms with van der Waals surface area (Å²) in [5.41, 5.74) is 12.2. The molecule has 0 aliphatic carbocycles. The lowest BCUT2D eigenvalue weighted by Gasteiger charge is -2.26. The van der Waals surface area contributed by atoms with Crippen LogP contribution in [0.4, 0.5) is 16.2 Å². The van der Waals surface area contributed by atoms with Crippen molar-refractivity contribution in [2.75, 3.05) is 23.9 Å². The van der Waals surface area contributed by atoms with E-state index >= 15 is 0 Å². The Bertz CT molecular complexity index is 2310. The monoisotopic (exact) mass is 840 g/mol. The van der Waals surface area contributed by atoms with Gasteiger partial charge in [0.05, 0.1) is 16.5 Å². The van der Waals surface area contributed by atoms with Gasteiger partial charge in [0.25, 0.3) is 11.8 Å². The molecule has 2 atom stereocenters. The molecule has 0 spiro atoms. The van der Waals surface area contributed by atoms with Crippen molar-refractivity contribution in [2.45, 2.75) is 76.4 Å². The molecule has 3 N–H and O–H groups in total. The minimum absolute atomic E-state index is 0.0886. The molecule has 1 aliphatic heterocycles. The molecule has 2 unspecified atom stereocenters. The largest absolute Gasteiger partial charge is 0.466 e. The lowest BCUT2D eigenvalue weighted by atomic mass is 9.87. The number of ether oxygens (including phenoxy) is 1. The number of carbonyl (C=O) groups excluding carboxylic acids is 4. The zero-order valence-corrected chi connectivity index (χ0v) is 35.8. The summed E-state index contributed by atoms with van der Waals surface area (Å²) in [7, 11) is 0. The van der Waals surface area contributed by atoms with Gasteiger partial charge in [-0.15, -0.1) is 18.3 Å². The van der Waals surface area contributed by atoms with Crippen LogP contribution in [0.5, 0.6) is 0 Å². The number of rotatable bonds is 20. The SMILES string of the molecule is C=CCCc1ccc(C(CCCC(=O)OCCCC)CC(SC(=S)c2ccccc2)c2cccc(NC(=O)NNc3ccc4c5c(cccc35)C(=O)N(CC)C4=O)c2)cc1. The first kappa shape index (κ1) is 43.8. The van der Waals surface area contributed by atoms with E-state index in [2.05, 4.69) is 60.0 Å². The number of unbranched alkanes of at least 4 members (excludes halogenated alkanes) is 1. The van der Waals surface area contributed by atoms with Gasteiger partial charge in [-0.3, -0.25) is 30.1 Å². The predicted octanol–water partition coefficient (Wildman–Crippen LogP) is 11.6. The molecule has 0 fully saturated rings. The number of thioether (sulfide) groups is 1. The Balaban J connectivity index is 1.21. The van der Waals surface area contributed by atoms with E-state index in [4.69, 9.17) is 17.0 Å². The first-order chi connectivity index (χ1) is 29.2. The van der Waals surface area contributed by atoms with Gasteiger partial charge in [0.1, 0.15) is 0 Å². The van der Waals surface area contributed by atoms with Gasteiger partial charge in [-0.2, -0.15) is 0 Å². The average Bonchev–Trinajstić information content (AvgIpc) is 3.27. The number of aryl methyl sites for hydroxylation is 1. The summed E-state index contributed by atoms with van der Waals surface area (Å²) in [5, 5.41) is 4.08. The minimum atomic E-state index is -0.499. The van der Waals surface area contributed by atoms with Gasteiger partial charge >= 0.3 is 12.0 Å². The number of esters is 1. The van der Waals surface area contributed by atoms with Crippen LogP contribution in [0.3, 0.4) is 0 Å². The molecule has 4 amide bonds. The van der Waals surface area contributed by atoms with Crippen molar-refractivity contribution < 1.29 is 23.9 Å². The van der Waals surface area contributed by atoms with Gasteiger partial charge in [0, 0.05) is 45.8 Å². The molecule has 0 aromatic heterocycles.